The van der Waals surface area contributed by atoms with Crippen molar-refractivity contribution in [3.63, 3.8) is 0 Å². The lowest BCUT2D eigenvalue weighted by Gasteiger charge is -2.17. The summed E-state index contributed by atoms with van der Waals surface area (Å²) in [5.41, 5.74) is 7.26. The predicted octanol–water partition coefficient (Wildman–Crippen LogP) is 4.06. The molecular formula is C23H25N3O2. The second-order valence-electron chi connectivity index (χ2n) is 6.65. The van der Waals surface area contributed by atoms with E-state index in [1.54, 1.807) is 19.2 Å². The van der Waals surface area contributed by atoms with Gasteiger partial charge in [-0.25, -0.2) is 5.48 Å². The van der Waals surface area contributed by atoms with Gasteiger partial charge in [0, 0.05) is 24.8 Å². The third kappa shape index (κ3) is 5.49. The lowest BCUT2D eigenvalue weighted by Crippen LogP contribution is -2.24. The SMILES string of the molecule is CCONC(=O)c1ccc(-c2cccc(CN(C)Cc3ccccc3)c2)cn1. The van der Waals surface area contributed by atoms with Crippen molar-refractivity contribution in [3.8, 4) is 11.1 Å². The van der Waals surface area contributed by atoms with E-state index in [2.05, 4.69) is 70.9 Å². The number of nitrogens with one attached hydrogen (secondary N) is 1. The zero-order valence-corrected chi connectivity index (χ0v) is 16.3. The number of benzene rings is 2. The number of nitrogens with zero attached hydrogens (tertiary/aromatic N) is 2. The van der Waals surface area contributed by atoms with E-state index in [1.807, 2.05) is 12.1 Å². The largest absolute Gasteiger partial charge is 0.298 e. The van der Waals surface area contributed by atoms with Crippen LogP contribution in [0, 0.1) is 0 Å². The number of hydrogen-bond donors (Lipinski definition) is 1. The molecule has 5 heteroatoms. The first-order valence-electron chi connectivity index (χ1n) is 9.35. The zero-order valence-electron chi connectivity index (χ0n) is 16.3. The Labute approximate surface area is 165 Å². The van der Waals surface area contributed by atoms with Gasteiger partial charge in [0.15, 0.2) is 0 Å². The minimum absolute atomic E-state index is 0.330. The number of hydroxylamine groups is 1. The highest BCUT2D eigenvalue weighted by molar-refractivity contribution is 5.91. The van der Waals surface area contributed by atoms with E-state index >= 15 is 0 Å². The number of pyridine rings is 1. The number of aromatic nitrogens is 1. The van der Waals surface area contributed by atoms with Gasteiger partial charge in [0.2, 0.25) is 0 Å². The van der Waals surface area contributed by atoms with E-state index in [0.29, 0.717) is 12.3 Å². The molecule has 3 rings (SSSR count). The quantitative estimate of drug-likeness (QED) is 0.603. The maximum atomic E-state index is 11.9. The van der Waals surface area contributed by atoms with Crippen molar-refractivity contribution >= 4 is 5.91 Å². The summed E-state index contributed by atoms with van der Waals surface area (Å²) >= 11 is 0. The van der Waals surface area contributed by atoms with Gasteiger partial charge in [0.05, 0.1) is 6.61 Å². The van der Waals surface area contributed by atoms with Crippen LogP contribution in [0.15, 0.2) is 72.9 Å². The summed E-state index contributed by atoms with van der Waals surface area (Å²) in [6, 6.07) is 22.5. The highest BCUT2D eigenvalue weighted by Crippen LogP contribution is 2.21. The van der Waals surface area contributed by atoms with Gasteiger partial charge in [-0.1, -0.05) is 54.6 Å². The Morgan fingerprint density at radius 1 is 0.964 bits per heavy atom. The Bertz CT molecular complexity index is 895. The van der Waals surface area contributed by atoms with Gasteiger partial charge in [-0.2, -0.15) is 0 Å². The molecule has 1 aromatic heterocycles. The first-order valence-corrected chi connectivity index (χ1v) is 9.35. The number of rotatable bonds is 8. The standard InChI is InChI=1S/C23H25N3O2/c1-3-28-25-23(27)22-13-12-21(15-24-22)20-11-7-10-19(14-20)17-26(2)16-18-8-5-4-6-9-18/h4-15H,3,16-17H2,1-2H3,(H,25,27). The molecule has 0 atom stereocenters. The number of amides is 1. The van der Waals surface area contributed by atoms with Crippen LogP contribution in [0.5, 0.6) is 0 Å². The molecule has 0 saturated heterocycles. The van der Waals surface area contributed by atoms with Gasteiger partial charge in [0.25, 0.3) is 5.91 Å². The maximum Gasteiger partial charge on any atom is 0.293 e. The molecule has 1 amide bonds. The Balaban J connectivity index is 1.66. The van der Waals surface area contributed by atoms with Gasteiger partial charge in [0.1, 0.15) is 5.69 Å². The molecule has 1 N–H and O–H groups in total. The Morgan fingerprint density at radius 2 is 1.71 bits per heavy atom. The third-order valence-corrected chi connectivity index (χ3v) is 4.31. The van der Waals surface area contributed by atoms with Gasteiger partial charge in [-0.3, -0.25) is 19.5 Å². The average molecular weight is 375 g/mol. The fourth-order valence-electron chi connectivity index (χ4n) is 3.00. The number of hydrogen-bond acceptors (Lipinski definition) is 4. The predicted molar refractivity (Wildman–Crippen MR) is 110 cm³/mol. The van der Waals surface area contributed by atoms with E-state index < -0.39 is 0 Å². The highest BCUT2D eigenvalue weighted by Gasteiger charge is 2.08. The molecule has 0 saturated carbocycles. The molecule has 0 spiro atoms. The molecule has 144 valence electrons. The summed E-state index contributed by atoms with van der Waals surface area (Å²) in [4.78, 5) is 23.3. The monoisotopic (exact) mass is 375 g/mol. The van der Waals surface area contributed by atoms with Gasteiger partial charge in [-0.05, 0) is 42.8 Å². The summed E-state index contributed by atoms with van der Waals surface area (Å²) in [5.74, 6) is -0.343. The summed E-state index contributed by atoms with van der Waals surface area (Å²) < 4.78 is 0. The minimum Gasteiger partial charge on any atom is -0.298 e. The molecule has 28 heavy (non-hydrogen) atoms. The molecule has 3 aromatic rings. The Morgan fingerprint density at radius 3 is 2.43 bits per heavy atom. The third-order valence-electron chi connectivity index (χ3n) is 4.31. The Hall–Kier alpha value is -3.02. The number of carbonyl (C=O) groups is 1. The Kier molecular flexibility index (Phi) is 6.89. The fourth-order valence-corrected chi connectivity index (χ4v) is 3.00. The van der Waals surface area contributed by atoms with Crippen LogP contribution in [0.25, 0.3) is 11.1 Å². The fraction of sp³-hybridized carbons (Fsp3) is 0.217. The van der Waals surface area contributed by atoms with E-state index in [0.717, 1.165) is 24.2 Å². The van der Waals surface area contributed by atoms with E-state index in [4.69, 9.17) is 4.84 Å². The molecule has 5 nitrogen and oxygen atoms in total. The van der Waals surface area contributed by atoms with Crippen LogP contribution in [0.2, 0.25) is 0 Å². The summed E-state index contributed by atoms with van der Waals surface area (Å²) in [7, 11) is 2.12. The minimum atomic E-state index is -0.343. The van der Waals surface area contributed by atoms with Crippen molar-refractivity contribution < 1.29 is 9.63 Å². The summed E-state index contributed by atoms with van der Waals surface area (Å²) in [6.07, 6.45) is 1.72. The maximum absolute atomic E-state index is 11.9. The van der Waals surface area contributed by atoms with Crippen LogP contribution in [0.4, 0.5) is 0 Å². The number of carbonyl (C=O) groups excluding carboxylic acids is 1. The van der Waals surface area contributed by atoms with Crippen molar-refractivity contribution in [2.24, 2.45) is 0 Å². The summed E-state index contributed by atoms with van der Waals surface area (Å²) in [6.45, 7) is 3.97. The molecule has 1 heterocycles. The second-order valence-corrected chi connectivity index (χ2v) is 6.65. The van der Waals surface area contributed by atoms with Crippen molar-refractivity contribution in [1.29, 1.82) is 0 Å². The molecule has 0 aliphatic carbocycles. The van der Waals surface area contributed by atoms with Crippen LogP contribution in [-0.4, -0.2) is 29.4 Å². The van der Waals surface area contributed by atoms with E-state index in [1.165, 1.54) is 11.1 Å². The normalized spacial score (nSPS) is 10.8. The van der Waals surface area contributed by atoms with Crippen molar-refractivity contribution in [2.75, 3.05) is 13.7 Å². The van der Waals surface area contributed by atoms with Gasteiger partial charge < -0.3 is 0 Å². The second kappa shape index (κ2) is 9.78. The van der Waals surface area contributed by atoms with E-state index in [-0.39, 0.29) is 5.91 Å². The smallest absolute Gasteiger partial charge is 0.293 e. The van der Waals surface area contributed by atoms with Gasteiger partial charge in [-0.15, -0.1) is 0 Å². The lowest BCUT2D eigenvalue weighted by atomic mass is 10.0. The molecule has 2 aromatic carbocycles. The van der Waals surface area contributed by atoms with Crippen LogP contribution in [0.3, 0.4) is 0 Å². The first-order chi connectivity index (χ1) is 13.7. The van der Waals surface area contributed by atoms with Gasteiger partial charge >= 0.3 is 0 Å². The summed E-state index contributed by atoms with van der Waals surface area (Å²) in [5, 5.41) is 0. The van der Waals surface area contributed by atoms with Crippen LogP contribution in [0.1, 0.15) is 28.5 Å². The average Bonchev–Trinajstić information content (AvgIpc) is 2.73. The first kappa shape index (κ1) is 19.7. The van der Waals surface area contributed by atoms with Crippen LogP contribution < -0.4 is 5.48 Å². The van der Waals surface area contributed by atoms with E-state index in [9.17, 15) is 4.79 Å². The molecule has 0 aliphatic rings. The molecule has 0 unspecified atom stereocenters. The topological polar surface area (TPSA) is 54.5 Å². The van der Waals surface area contributed by atoms with Crippen LogP contribution >= 0.6 is 0 Å². The van der Waals surface area contributed by atoms with Crippen molar-refractivity contribution in [3.05, 3.63) is 89.7 Å². The van der Waals surface area contributed by atoms with Crippen molar-refractivity contribution in [2.45, 2.75) is 20.0 Å². The molecule has 0 fully saturated rings. The highest BCUT2D eigenvalue weighted by atomic mass is 16.6. The molecule has 0 bridgehead atoms. The lowest BCUT2D eigenvalue weighted by molar-refractivity contribution is 0.0360. The van der Waals surface area contributed by atoms with Crippen LogP contribution in [-0.2, 0) is 17.9 Å². The molecular weight excluding hydrogens is 350 g/mol. The molecule has 0 aliphatic heterocycles. The molecule has 0 radical (unpaired) electrons. The van der Waals surface area contributed by atoms with Crippen molar-refractivity contribution in [1.82, 2.24) is 15.4 Å². The zero-order chi connectivity index (χ0) is 19.8.